The maximum Gasteiger partial charge on any atom is 0.155 e. The summed E-state index contributed by atoms with van der Waals surface area (Å²) >= 11 is 0. The van der Waals surface area contributed by atoms with E-state index < -0.39 is 28.7 Å². The minimum Gasteiger partial charge on any atom is -0.777 e. The molecule has 0 fully saturated rings. The predicted octanol–water partition coefficient (Wildman–Crippen LogP) is -3.85. The predicted molar refractivity (Wildman–Crippen MR) is 28.3 cm³/mol. The van der Waals surface area contributed by atoms with Crippen LogP contribution < -0.4 is 10.00 Å². The lowest BCUT2D eigenvalue weighted by Gasteiger charge is -2.29. The maximum atomic E-state index is 10.0. The van der Waals surface area contributed by atoms with Crippen molar-refractivity contribution in [2.75, 3.05) is 0 Å². The minimum absolute atomic E-state index is 2.68. The first-order chi connectivity index (χ1) is 5.07. The highest BCUT2D eigenvalue weighted by Crippen LogP contribution is 2.38. The van der Waals surface area contributed by atoms with Gasteiger partial charge < -0.3 is 28.8 Å². The van der Waals surface area contributed by atoms with Crippen LogP contribution in [0, 0.1) is 0 Å². The molecule has 2 atom stereocenters. The van der Waals surface area contributed by atoms with Crippen molar-refractivity contribution in [3.63, 3.8) is 0 Å². The zero-order chi connectivity index (χ0) is 10.2. The lowest BCUT2D eigenvalue weighted by atomic mass is 10.8. The summed E-state index contributed by atoms with van der Waals surface area (Å²) in [5, 5.41) is 9.77. The molecule has 0 aromatic heterocycles. The third-order valence-electron chi connectivity index (χ3n) is 0.771. The molecule has 72 valence electrons. The fourth-order valence-corrected chi connectivity index (χ4v) is 2.22. The van der Waals surface area contributed by atoms with Crippen molar-refractivity contribution < 1.29 is 37.2 Å². The maximum absolute atomic E-state index is 10.0. The molecule has 0 radical (unpaired) electrons. The van der Waals surface area contributed by atoms with E-state index in [1.807, 2.05) is 0 Å². The fourth-order valence-electron chi connectivity index (χ4n) is 0.414. The molecule has 0 amide bonds. The Morgan fingerprint density at radius 3 is 1.83 bits per heavy atom. The van der Waals surface area contributed by atoms with Crippen molar-refractivity contribution in [3.8, 4) is 0 Å². The molecule has 0 bridgehead atoms. The number of carbonyl (C=O) groups excluding carboxylic acids is 1. The average molecular weight is 217 g/mol. The molecule has 2 unspecified atom stereocenters. The van der Waals surface area contributed by atoms with Crippen molar-refractivity contribution >= 4 is 23.7 Å². The molecule has 0 spiro atoms. The van der Waals surface area contributed by atoms with E-state index in [9.17, 15) is 32.3 Å². The summed E-state index contributed by atoms with van der Waals surface area (Å²) in [6.45, 7) is 0. The molecule has 0 rings (SSSR count). The summed E-state index contributed by atoms with van der Waals surface area (Å²) < 4.78 is 39.7. The van der Waals surface area contributed by atoms with Gasteiger partial charge in [-0.15, -0.1) is 0 Å². The van der Waals surface area contributed by atoms with Crippen molar-refractivity contribution in [1.29, 1.82) is 0 Å². The zero-order valence-corrected chi connectivity index (χ0v) is 6.95. The van der Waals surface area contributed by atoms with E-state index in [-0.39, 0.29) is 0 Å². The normalized spacial score (nSPS) is 19.6. The third kappa shape index (κ3) is 2.88. The average Bonchev–Trinajstić information content (AvgIpc) is 1.49. The van der Waals surface area contributed by atoms with Gasteiger partial charge >= 0.3 is 0 Å². The number of carboxylic acids is 1. The molecule has 0 aliphatic rings. The van der Waals surface area contributed by atoms with Crippen molar-refractivity contribution in [3.05, 3.63) is 0 Å². The van der Waals surface area contributed by atoms with Gasteiger partial charge in [0.05, 0.1) is 5.97 Å². The van der Waals surface area contributed by atoms with Gasteiger partial charge in [0.2, 0.25) is 0 Å². The van der Waals surface area contributed by atoms with Gasteiger partial charge in [-0.05, 0) is 0 Å². The van der Waals surface area contributed by atoms with Crippen LogP contribution in [-0.2, 0) is 19.5 Å². The van der Waals surface area contributed by atoms with E-state index in [1.165, 1.54) is 0 Å². The Morgan fingerprint density at radius 2 is 1.83 bits per heavy atom. The second-order valence-corrected chi connectivity index (χ2v) is 5.18. The number of carboxylic acid groups (broad SMARTS) is 1. The molecule has 12 heavy (non-hydrogen) atoms. The quantitative estimate of drug-likeness (QED) is 0.371. The SMILES string of the molecule is O=C([O-])C(P(=O)([O-])O)S(=O)(=O)[O-]. The van der Waals surface area contributed by atoms with Crippen LogP contribution in [0.5, 0.6) is 0 Å². The van der Waals surface area contributed by atoms with E-state index in [1.54, 1.807) is 0 Å². The molecular formula is C2H2O8PS-3. The summed E-state index contributed by atoms with van der Waals surface area (Å²) in [5.41, 5.74) is 0. The number of hydrogen-bond donors (Lipinski definition) is 1. The minimum atomic E-state index is -5.77. The monoisotopic (exact) mass is 217 g/mol. The molecule has 0 heterocycles. The van der Waals surface area contributed by atoms with Crippen LogP contribution in [0.1, 0.15) is 0 Å². The fraction of sp³-hybridized carbons (Fsp3) is 0.500. The highest BCUT2D eigenvalue weighted by Gasteiger charge is 2.28. The van der Waals surface area contributed by atoms with Crippen LogP contribution in [0.2, 0.25) is 0 Å². The van der Waals surface area contributed by atoms with Gasteiger partial charge in [-0.3, -0.25) is 0 Å². The molecule has 0 aromatic rings. The first-order valence-electron chi connectivity index (χ1n) is 2.26. The van der Waals surface area contributed by atoms with Crippen molar-refractivity contribution in [2.24, 2.45) is 0 Å². The van der Waals surface area contributed by atoms with Gasteiger partial charge in [-0.2, -0.15) is 0 Å². The molecule has 0 aliphatic carbocycles. The van der Waals surface area contributed by atoms with Gasteiger partial charge in [0, 0.05) is 0 Å². The van der Waals surface area contributed by atoms with Crippen molar-refractivity contribution in [2.45, 2.75) is 4.99 Å². The largest absolute Gasteiger partial charge is 0.777 e. The van der Waals surface area contributed by atoms with E-state index in [0.717, 1.165) is 0 Å². The summed E-state index contributed by atoms with van der Waals surface area (Å²) in [5.74, 6) is -2.68. The molecule has 0 aromatic carbocycles. The van der Waals surface area contributed by atoms with Crippen LogP contribution in [0.25, 0.3) is 0 Å². The second kappa shape index (κ2) is 3.11. The number of aliphatic carboxylic acids is 1. The first-order valence-corrected chi connectivity index (χ1v) is 5.37. The lowest BCUT2D eigenvalue weighted by molar-refractivity contribution is -0.304. The Hall–Kier alpha value is -0.470. The number of carbonyl (C=O) groups is 1. The van der Waals surface area contributed by atoms with E-state index in [2.05, 4.69) is 0 Å². The van der Waals surface area contributed by atoms with Gasteiger partial charge in [0.25, 0.3) is 0 Å². The Labute approximate surface area is 66.7 Å². The Kier molecular flexibility index (Phi) is 2.99. The third-order valence-corrected chi connectivity index (χ3v) is 3.89. The van der Waals surface area contributed by atoms with Gasteiger partial charge in [0.15, 0.2) is 12.6 Å². The molecule has 0 saturated heterocycles. The van der Waals surface area contributed by atoms with Crippen LogP contribution >= 0.6 is 7.60 Å². The van der Waals surface area contributed by atoms with E-state index in [0.29, 0.717) is 0 Å². The van der Waals surface area contributed by atoms with Gasteiger partial charge in [-0.25, -0.2) is 8.42 Å². The Bertz CT molecular complexity index is 321. The number of rotatable bonds is 3. The molecule has 0 saturated carbocycles. The Balaban J connectivity index is 5.26. The van der Waals surface area contributed by atoms with Crippen molar-refractivity contribution in [1.82, 2.24) is 0 Å². The van der Waals surface area contributed by atoms with Crippen LogP contribution in [0.15, 0.2) is 0 Å². The standard InChI is InChI=1S/C2H5O8PS/c3-1(4)2(11(5,6)7)12(8,9)10/h2H,(H,3,4)(H2,5,6,7)(H,8,9,10)/p-3. The van der Waals surface area contributed by atoms with Gasteiger partial charge in [-0.1, -0.05) is 0 Å². The first kappa shape index (κ1) is 11.5. The highest BCUT2D eigenvalue weighted by atomic mass is 32.2. The van der Waals surface area contributed by atoms with E-state index >= 15 is 0 Å². The van der Waals surface area contributed by atoms with Crippen LogP contribution in [-0.4, -0.2) is 28.8 Å². The molecule has 0 aliphatic heterocycles. The summed E-state index contributed by atoms with van der Waals surface area (Å²) in [6, 6.07) is 0. The smallest absolute Gasteiger partial charge is 0.155 e. The topological polar surface area (TPSA) is 158 Å². The molecular weight excluding hydrogens is 215 g/mol. The highest BCUT2D eigenvalue weighted by molar-refractivity contribution is 7.94. The van der Waals surface area contributed by atoms with Crippen LogP contribution in [0.3, 0.4) is 0 Å². The summed E-state index contributed by atoms with van der Waals surface area (Å²) in [4.78, 5) is 24.3. The zero-order valence-electron chi connectivity index (χ0n) is 5.24. The molecule has 10 heteroatoms. The Morgan fingerprint density at radius 1 is 1.50 bits per heavy atom. The lowest BCUT2D eigenvalue weighted by Crippen LogP contribution is -2.42. The number of hydrogen-bond acceptors (Lipinski definition) is 7. The van der Waals surface area contributed by atoms with Crippen LogP contribution in [0.4, 0.5) is 0 Å². The van der Waals surface area contributed by atoms with Gasteiger partial charge in [0.1, 0.15) is 10.1 Å². The second-order valence-electron chi connectivity index (χ2n) is 1.73. The summed E-state index contributed by atoms with van der Waals surface area (Å²) in [6.07, 6.45) is 0. The summed E-state index contributed by atoms with van der Waals surface area (Å²) in [7, 11) is -11.4. The van der Waals surface area contributed by atoms with E-state index in [4.69, 9.17) is 4.89 Å². The molecule has 8 nitrogen and oxygen atoms in total. The molecule has 1 N–H and O–H groups in total.